The molecule has 0 unspecified atom stereocenters. The van der Waals surface area contributed by atoms with Gasteiger partial charge in [-0.15, -0.1) is 45.3 Å². The van der Waals surface area contributed by atoms with E-state index in [-0.39, 0.29) is 137 Å². The molecule has 7 aromatic heterocycles. The molecule has 2 aliphatic rings. The maximum Gasteiger partial charge on any atom is 1.00 e. The summed E-state index contributed by atoms with van der Waals surface area (Å²) in [6, 6.07) is 31.8. The van der Waals surface area contributed by atoms with Crippen LogP contribution in [0.2, 0.25) is 0 Å². The maximum atomic E-state index is 12.6. The van der Waals surface area contributed by atoms with E-state index in [4.69, 9.17) is 9.97 Å². The van der Waals surface area contributed by atoms with Crippen molar-refractivity contribution in [1.29, 1.82) is 0 Å². The Kier molecular flexibility index (Phi) is 17.5. The van der Waals surface area contributed by atoms with E-state index in [1.807, 2.05) is 0 Å². The van der Waals surface area contributed by atoms with Crippen LogP contribution in [0.4, 0.5) is 0 Å². The van der Waals surface area contributed by atoms with Crippen LogP contribution in [0.5, 0.6) is 0 Å². The van der Waals surface area contributed by atoms with Crippen molar-refractivity contribution >= 4 is 173 Å². The number of hydrogen-bond donors (Lipinski definition) is 2. The fraction of sp³-hybridized carbons (Fsp3) is 0. The van der Waals surface area contributed by atoms with Gasteiger partial charge in [0.05, 0.1) is 61.2 Å². The van der Waals surface area contributed by atoms with E-state index in [1.54, 1.807) is 97.1 Å². The molecule has 0 aliphatic carbocycles. The van der Waals surface area contributed by atoms with Gasteiger partial charge in [-0.1, -0.05) is 48.5 Å². The van der Waals surface area contributed by atoms with Gasteiger partial charge in [0.1, 0.15) is 40.5 Å². The van der Waals surface area contributed by atoms with Crippen LogP contribution in [0.1, 0.15) is 22.8 Å². The Hall–Kier alpha value is -3.04. The van der Waals surface area contributed by atoms with Crippen LogP contribution in [-0.4, -0.2) is 71.8 Å². The monoisotopic (exact) mass is 1250 g/mol. The number of nitrogens with one attached hydrogen (secondary N) is 2. The first kappa shape index (κ1) is 61.5. The molecular formula is C52H26N4Na4O12S8. The molecule has 9 heterocycles. The first-order chi connectivity index (χ1) is 36.2. The van der Waals surface area contributed by atoms with Crippen LogP contribution in [0.15, 0.2) is 141 Å². The number of H-pyrrole nitrogens is 2. The maximum absolute atomic E-state index is 12.6. The van der Waals surface area contributed by atoms with E-state index in [0.29, 0.717) is 108 Å². The topological polar surface area (TPSA) is 286 Å². The van der Waals surface area contributed by atoms with Crippen LogP contribution in [0.25, 0.3) is 128 Å². The second kappa shape index (κ2) is 22.8. The Balaban J connectivity index is 0.00000194. The summed E-state index contributed by atoms with van der Waals surface area (Å²) in [5, 5.41) is 1.90. The van der Waals surface area contributed by atoms with Gasteiger partial charge in [0.2, 0.25) is 0 Å². The molecule has 0 fully saturated rings. The van der Waals surface area contributed by atoms with Crippen LogP contribution >= 0.6 is 45.3 Å². The van der Waals surface area contributed by atoms with E-state index < -0.39 is 60.1 Å². The largest absolute Gasteiger partial charge is 1.00 e. The minimum Gasteiger partial charge on any atom is -0.744 e. The van der Waals surface area contributed by atoms with Crippen molar-refractivity contribution in [2.24, 2.45) is 0 Å². The van der Waals surface area contributed by atoms with Crippen LogP contribution < -0.4 is 118 Å². The predicted molar refractivity (Wildman–Crippen MR) is 294 cm³/mol. The molecular weight excluding hydrogens is 1220 g/mol. The Labute approximate surface area is 559 Å². The molecule has 2 N–H and O–H groups in total. The summed E-state index contributed by atoms with van der Waals surface area (Å²) in [4.78, 5) is 18.0. The number of nitrogens with zero attached hydrogens (tertiary/aromatic N) is 2. The fourth-order valence-electron chi connectivity index (χ4n) is 9.67. The van der Waals surface area contributed by atoms with Crippen LogP contribution in [0, 0.1) is 0 Å². The second-order valence-corrected chi connectivity index (χ2v) is 27.1. The number of aromatic amines is 2. The van der Waals surface area contributed by atoms with Gasteiger partial charge in [-0.2, -0.15) is 0 Å². The normalized spacial score (nSPS) is 12.7. The van der Waals surface area contributed by atoms with Gasteiger partial charge >= 0.3 is 118 Å². The summed E-state index contributed by atoms with van der Waals surface area (Å²) in [6.45, 7) is 0. The third kappa shape index (κ3) is 11.0. The number of hydrogen-bond acceptors (Lipinski definition) is 18. The fourth-order valence-corrected chi connectivity index (χ4v) is 18.3. The molecule has 378 valence electrons. The molecule has 80 heavy (non-hydrogen) atoms. The zero-order chi connectivity index (χ0) is 52.8. The van der Waals surface area contributed by atoms with Crippen molar-refractivity contribution in [3.63, 3.8) is 0 Å². The number of fused-ring (bicyclic) bond motifs is 12. The molecule has 0 saturated carbocycles. The Morgan fingerprint density at radius 2 is 0.537 bits per heavy atom. The summed E-state index contributed by atoms with van der Waals surface area (Å²) >= 11 is 4.27. The van der Waals surface area contributed by atoms with Gasteiger partial charge in [0, 0.05) is 63.8 Å². The molecule has 0 amide bonds. The summed E-state index contributed by atoms with van der Waals surface area (Å²) < 4.78 is 152. The first-order valence-corrected chi connectivity index (χ1v) is 31.2. The third-order valence-electron chi connectivity index (χ3n) is 12.8. The molecule has 13 rings (SSSR count). The van der Waals surface area contributed by atoms with E-state index in [2.05, 4.69) is 9.97 Å². The van der Waals surface area contributed by atoms with Gasteiger partial charge in [0.25, 0.3) is 0 Å². The van der Waals surface area contributed by atoms with E-state index >= 15 is 0 Å². The van der Waals surface area contributed by atoms with E-state index in [1.165, 1.54) is 48.5 Å². The minimum absolute atomic E-state index is 0. The average Bonchev–Trinajstić information content (AvgIpc) is 4.21. The van der Waals surface area contributed by atoms with Gasteiger partial charge in [-0.3, -0.25) is 0 Å². The van der Waals surface area contributed by atoms with Crippen molar-refractivity contribution in [3.8, 4) is 41.8 Å². The summed E-state index contributed by atoms with van der Waals surface area (Å²) in [5.74, 6) is 0. The first-order valence-electron chi connectivity index (χ1n) is 22.3. The molecule has 0 radical (unpaired) electrons. The minimum atomic E-state index is -4.92. The molecule has 4 aromatic carbocycles. The predicted octanol–water partition coefficient (Wildman–Crippen LogP) is -0.185. The summed E-state index contributed by atoms with van der Waals surface area (Å²) in [5.41, 5.74) is 5.32. The molecule has 0 saturated heterocycles. The number of aromatic nitrogens is 4. The average molecular weight is 1250 g/mol. The van der Waals surface area contributed by atoms with Crippen LogP contribution in [0.3, 0.4) is 0 Å². The van der Waals surface area contributed by atoms with Gasteiger partial charge in [-0.25, -0.2) is 43.6 Å². The zero-order valence-electron chi connectivity index (χ0n) is 41.9. The van der Waals surface area contributed by atoms with Crippen molar-refractivity contribution in [2.75, 3.05) is 0 Å². The molecule has 0 atom stereocenters. The van der Waals surface area contributed by atoms with Crippen molar-refractivity contribution < 1.29 is 170 Å². The van der Waals surface area contributed by atoms with Crippen LogP contribution in [-0.2, 0) is 40.5 Å². The van der Waals surface area contributed by atoms with Gasteiger partial charge in [-0.05, 0) is 119 Å². The molecule has 16 nitrogen and oxygen atoms in total. The number of benzene rings is 4. The van der Waals surface area contributed by atoms with Gasteiger partial charge in [0.15, 0.2) is 0 Å². The molecule has 8 bridgehead atoms. The molecule has 2 aliphatic heterocycles. The smallest absolute Gasteiger partial charge is 0.744 e. The van der Waals surface area contributed by atoms with Crippen molar-refractivity contribution in [3.05, 3.63) is 144 Å². The Morgan fingerprint density at radius 3 is 0.738 bits per heavy atom. The number of rotatable bonds is 8. The summed E-state index contributed by atoms with van der Waals surface area (Å²) in [6.07, 6.45) is 7.02. The Morgan fingerprint density at radius 1 is 0.325 bits per heavy atom. The van der Waals surface area contributed by atoms with Crippen molar-refractivity contribution in [2.45, 2.75) is 19.6 Å². The third-order valence-corrected chi connectivity index (χ3v) is 21.7. The molecule has 28 heteroatoms. The van der Waals surface area contributed by atoms with Gasteiger partial charge < -0.3 is 28.2 Å². The quantitative estimate of drug-likeness (QED) is 0.148. The van der Waals surface area contributed by atoms with Crippen molar-refractivity contribution in [1.82, 2.24) is 19.9 Å². The second-order valence-electron chi connectivity index (χ2n) is 17.5. The number of thiophene rings is 4. The van der Waals surface area contributed by atoms with E-state index in [0.717, 1.165) is 45.3 Å². The SMILES string of the molecule is O=S(=O)([O-])c1cccc2cc(-c3c4nc(c(-c5cc6cccc(S(=O)(=O)[O-])c6s5)c5ccc([nH]5)c(-c5cc6cccc(S(=O)(=O)[O-])c6s5)c5nc(c(-c6cc7cccc(S(=O)(=O)[O-])c7s6)c6ccc3[nH]6)C=C5)C=C4)sc12.[Na+].[Na+].[Na+].[Na+]. The standard InChI is InChI=1S/C52H30N4O12S8.4Na/c57-73(58,59)41-9-1-5-25-21-37(69-49(25)41)45-29-13-15-31(53-29)46(38-22-26-6-2-10-42(50(26)70-38)74(60,61)62)33-17-19-35(55-33)48(40-24-28-8-4-12-44(52(28)72-40)76(66,67)68)36-20-18-34(56-36)47(32-16-14-30(45)54-32)39-23-27-7-3-11-43(51(27)71-39)75(63,64)65;;;;/h1-24,53,56H,(H,57,58,59)(H,60,61,62)(H,63,64,65)(H,66,67,68);;;;/q;4*+1/p-4. The Bertz CT molecular complexity index is 4530. The summed E-state index contributed by atoms with van der Waals surface area (Å²) in [7, 11) is -19.7. The molecule has 11 aromatic rings. The zero-order valence-corrected chi connectivity index (χ0v) is 56.4. The van der Waals surface area contributed by atoms with E-state index in [9.17, 15) is 51.9 Å². The molecule has 0 spiro atoms.